The lowest BCUT2D eigenvalue weighted by Crippen LogP contribution is -2.70. The van der Waals surface area contributed by atoms with Crippen LogP contribution in [0.2, 0.25) is 0 Å². The molecule has 0 spiro atoms. The minimum absolute atomic E-state index is 0.110. The fourth-order valence-corrected chi connectivity index (χ4v) is 5.02. The molecule has 1 saturated heterocycles. The van der Waals surface area contributed by atoms with Crippen molar-refractivity contribution in [3.05, 3.63) is 47.2 Å². The molecule has 35 heavy (non-hydrogen) atoms. The molecule has 1 fully saturated rings. The first-order chi connectivity index (χ1) is 16.4. The van der Waals surface area contributed by atoms with Crippen LogP contribution in [0.1, 0.15) is 39.3 Å². The molecule has 1 aromatic rings. The highest BCUT2D eigenvalue weighted by molar-refractivity contribution is 8.00. The van der Waals surface area contributed by atoms with E-state index in [4.69, 9.17) is 15.2 Å². The first kappa shape index (κ1) is 26.2. The van der Waals surface area contributed by atoms with Crippen LogP contribution < -0.4 is 16.4 Å². The Labute approximate surface area is 206 Å². The lowest BCUT2D eigenvalue weighted by Gasteiger charge is -2.50. The number of nitrogens with zero attached hydrogens (tertiary/aromatic N) is 1. The number of esters is 2. The maximum Gasteiger partial charge on any atom is 0.355 e. The zero-order valence-electron chi connectivity index (χ0n) is 19.8. The number of nitrogens with two attached hydrogens (primary N) is 1. The van der Waals surface area contributed by atoms with E-state index in [0.29, 0.717) is 12.0 Å². The van der Waals surface area contributed by atoms with Gasteiger partial charge in [0.25, 0.3) is 5.91 Å². The fourth-order valence-electron chi connectivity index (χ4n) is 3.64. The average Bonchev–Trinajstić information content (AvgIpc) is 2.79. The number of amides is 3. The summed E-state index contributed by atoms with van der Waals surface area (Å²) in [5.41, 5.74) is 5.76. The van der Waals surface area contributed by atoms with Gasteiger partial charge in [-0.05, 0) is 26.3 Å². The van der Waals surface area contributed by atoms with Crippen molar-refractivity contribution in [2.24, 2.45) is 5.73 Å². The van der Waals surface area contributed by atoms with Crippen molar-refractivity contribution in [2.75, 3.05) is 5.75 Å². The van der Waals surface area contributed by atoms with Crippen LogP contribution in [0, 0.1) is 0 Å². The molecule has 0 saturated carbocycles. The standard InChI is InChI=1S/C23H28N4O7S/c1-12(29)33-19(26-18(30)15(24)13-8-6-5-7-9-13)14-10-35-21-16(25-11-28)20(31)27(21)17(14)22(32)34-23(2,3)4/h5-9,11,15-16,19,21H,10,24H2,1-4H3,(H,25,28)(H,26,30)/t15?,16-,19?,21+/m0/s1. The predicted octanol–water partition coefficient (Wildman–Crippen LogP) is 0.317. The van der Waals surface area contributed by atoms with Gasteiger partial charge in [0, 0.05) is 18.2 Å². The van der Waals surface area contributed by atoms with Crippen molar-refractivity contribution >= 4 is 41.9 Å². The molecule has 12 heteroatoms. The van der Waals surface area contributed by atoms with E-state index in [-0.39, 0.29) is 17.0 Å². The van der Waals surface area contributed by atoms with Gasteiger partial charge in [0.2, 0.25) is 18.5 Å². The molecular formula is C23H28N4O7S. The Hall–Kier alpha value is -3.38. The van der Waals surface area contributed by atoms with Crippen LogP contribution in [0.15, 0.2) is 41.6 Å². The molecule has 0 aliphatic carbocycles. The van der Waals surface area contributed by atoms with Gasteiger partial charge in [0.1, 0.15) is 28.8 Å². The lowest BCUT2D eigenvalue weighted by molar-refractivity contribution is -0.159. The molecule has 0 aromatic heterocycles. The van der Waals surface area contributed by atoms with E-state index in [2.05, 4.69) is 10.6 Å². The number of β-lactam (4-membered cyclic amide) rings is 1. The summed E-state index contributed by atoms with van der Waals surface area (Å²) in [6.45, 7) is 6.15. The number of carbonyl (C=O) groups excluding carboxylic acids is 5. The summed E-state index contributed by atoms with van der Waals surface area (Å²) in [6, 6.07) is 6.70. The number of carbonyl (C=O) groups is 5. The second-order valence-electron chi connectivity index (χ2n) is 8.93. The Morgan fingerprint density at radius 1 is 1.23 bits per heavy atom. The van der Waals surface area contributed by atoms with Crippen LogP contribution >= 0.6 is 11.8 Å². The number of ether oxygens (including phenoxy) is 2. The molecule has 0 radical (unpaired) electrons. The summed E-state index contributed by atoms with van der Waals surface area (Å²) < 4.78 is 10.9. The topological polar surface area (TPSA) is 157 Å². The van der Waals surface area contributed by atoms with Gasteiger partial charge in [-0.1, -0.05) is 30.3 Å². The van der Waals surface area contributed by atoms with E-state index in [0.717, 1.165) is 6.92 Å². The van der Waals surface area contributed by atoms with E-state index in [1.54, 1.807) is 51.1 Å². The molecule has 4 N–H and O–H groups in total. The minimum Gasteiger partial charge on any atom is -0.455 e. The first-order valence-corrected chi connectivity index (χ1v) is 11.9. The molecule has 0 bridgehead atoms. The van der Waals surface area contributed by atoms with Gasteiger partial charge in [-0.15, -0.1) is 11.8 Å². The van der Waals surface area contributed by atoms with Crippen LogP contribution in [0.4, 0.5) is 0 Å². The molecule has 2 aliphatic rings. The number of thioether (sulfide) groups is 1. The highest BCUT2D eigenvalue weighted by Crippen LogP contribution is 2.42. The predicted molar refractivity (Wildman–Crippen MR) is 126 cm³/mol. The Balaban J connectivity index is 1.99. The van der Waals surface area contributed by atoms with Gasteiger partial charge < -0.3 is 25.8 Å². The fraction of sp³-hybridized carbons (Fsp3) is 0.435. The third kappa shape index (κ3) is 5.82. The SMILES string of the molecule is CC(=O)OC(NC(=O)C(N)c1ccccc1)C1=C(C(=O)OC(C)(C)C)N2C(=O)[C@H](NC=O)[C@H]2SC1. The number of benzene rings is 1. The summed E-state index contributed by atoms with van der Waals surface area (Å²) in [5.74, 6) is -2.61. The molecule has 1 aromatic carbocycles. The third-order valence-electron chi connectivity index (χ3n) is 5.15. The first-order valence-electron chi connectivity index (χ1n) is 10.8. The Bertz CT molecular complexity index is 1050. The number of rotatable bonds is 8. The van der Waals surface area contributed by atoms with E-state index >= 15 is 0 Å². The molecule has 11 nitrogen and oxygen atoms in total. The zero-order chi connectivity index (χ0) is 25.9. The monoisotopic (exact) mass is 504 g/mol. The highest BCUT2D eigenvalue weighted by Gasteiger charge is 2.55. The lowest BCUT2D eigenvalue weighted by atomic mass is 10.0. The van der Waals surface area contributed by atoms with E-state index in [1.807, 2.05) is 0 Å². The van der Waals surface area contributed by atoms with Crippen LogP contribution in [-0.2, 0) is 33.4 Å². The van der Waals surface area contributed by atoms with Gasteiger partial charge in [-0.25, -0.2) is 4.79 Å². The van der Waals surface area contributed by atoms with Gasteiger partial charge in [0.15, 0.2) is 0 Å². The summed E-state index contributed by atoms with van der Waals surface area (Å²) in [6.07, 6.45) is -0.962. The Kier molecular flexibility index (Phi) is 7.86. The number of hydrogen-bond acceptors (Lipinski definition) is 9. The smallest absolute Gasteiger partial charge is 0.355 e. The van der Waals surface area contributed by atoms with Crippen LogP contribution in [-0.4, -0.2) is 64.1 Å². The maximum atomic E-state index is 13.2. The van der Waals surface area contributed by atoms with E-state index < -0.39 is 53.0 Å². The van der Waals surface area contributed by atoms with Crippen molar-refractivity contribution in [3.8, 4) is 0 Å². The second kappa shape index (κ2) is 10.5. The Morgan fingerprint density at radius 3 is 2.46 bits per heavy atom. The van der Waals surface area contributed by atoms with Crippen molar-refractivity contribution < 1.29 is 33.4 Å². The second-order valence-corrected chi connectivity index (χ2v) is 10.0. The molecule has 188 valence electrons. The largest absolute Gasteiger partial charge is 0.455 e. The van der Waals surface area contributed by atoms with Crippen LogP contribution in [0.3, 0.4) is 0 Å². The molecular weight excluding hydrogens is 476 g/mol. The van der Waals surface area contributed by atoms with Gasteiger partial charge in [-0.2, -0.15) is 0 Å². The summed E-state index contributed by atoms with van der Waals surface area (Å²) in [7, 11) is 0. The summed E-state index contributed by atoms with van der Waals surface area (Å²) >= 11 is 1.24. The third-order valence-corrected chi connectivity index (χ3v) is 6.45. The minimum atomic E-state index is -1.38. The normalized spacial score (nSPS) is 21.2. The van der Waals surface area contributed by atoms with E-state index in [9.17, 15) is 24.0 Å². The quantitative estimate of drug-likeness (QED) is 0.196. The van der Waals surface area contributed by atoms with Crippen molar-refractivity contribution in [1.82, 2.24) is 15.5 Å². The summed E-state index contributed by atoms with van der Waals surface area (Å²) in [4.78, 5) is 63.0. The molecule has 4 atom stereocenters. The van der Waals surface area contributed by atoms with Crippen LogP contribution in [0.5, 0.6) is 0 Å². The van der Waals surface area contributed by atoms with Gasteiger partial charge in [-0.3, -0.25) is 24.1 Å². The van der Waals surface area contributed by atoms with E-state index in [1.165, 1.54) is 16.7 Å². The van der Waals surface area contributed by atoms with Crippen molar-refractivity contribution in [2.45, 2.75) is 57.0 Å². The molecule has 3 amide bonds. The molecule has 2 unspecified atom stereocenters. The number of nitrogens with one attached hydrogen (secondary N) is 2. The molecule has 2 aliphatic heterocycles. The van der Waals surface area contributed by atoms with Crippen molar-refractivity contribution in [3.63, 3.8) is 0 Å². The zero-order valence-corrected chi connectivity index (χ0v) is 20.6. The van der Waals surface area contributed by atoms with Crippen molar-refractivity contribution in [1.29, 1.82) is 0 Å². The number of hydrogen-bond donors (Lipinski definition) is 3. The summed E-state index contributed by atoms with van der Waals surface area (Å²) in [5, 5.41) is 4.46. The molecule has 3 rings (SSSR count). The Morgan fingerprint density at radius 2 is 1.89 bits per heavy atom. The van der Waals surface area contributed by atoms with Crippen LogP contribution in [0.25, 0.3) is 0 Å². The average molecular weight is 505 g/mol. The maximum absolute atomic E-state index is 13.2. The molecule has 2 heterocycles. The van der Waals surface area contributed by atoms with Gasteiger partial charge in [0.05, 0.1) is 0 Å². The highest BCUT2D eigenvalue weighted by atomic mass is 32.2. The number of fused-ring (bicyclic) bond motifs is 1. The van der Waals surface area contributed by atoms with Gasteiger partial charge >= 0.3 is 11.9 Å².